The van der Waals surface area contributed by atoms with Gasteiger partial charge in [0.1, 0.15) is 0 Å². The van der Waals surface area contributed by atoms with Crippen LogP contribution >= 0.6 is 15.9 Å². The molecule has 0 aromatic heterocycles. The molecule has 188 valence electrons. The second-order valence-electron chi connectivity index (χ2n) is 9.59. The van der Waals surface area contributed by atoms with Gasteiger partial charge in [0.2, 0.25) is 5.91 Å². The van der Waals surface area contributed by atoms with E-state index < -0.39 is 12.0 Å². The molecule has 0 bridgehead atoms. The fourth-order valence-corrected chi connectivity index (χ4v) is 5.68. The first-order valence-corrected chi connectivity index (χ1v) is 13.1. The Labute approximate surface area is 224 Å². The summed E-state index contributed by atoms with van der Waals surface area (Å²) in [6.45, 7) is 1.99. The van der Waals surface area contributed by atoms with Crippen LogP contribution in [-0.2, 0) is 14.4 Å². The van der Waals surface area contributed by atoms with E-state index in [0.717, 1.165) is 32.5 Å². The van der Waals surface area contributed by atoms with Gasteiger partial charge in [-0.05, 0) is 54.7 Å². The number of aliphatic carboxylic acids is 1. The SMILES string of the molecule is Cc1ccc([C@H]2C3=C(C[C@@H](c4cccc(Br)c4)CC3=O)Nc3ccccc3N2C(=O)CCC(=O)O)cc1. The Morgan fingerprint density at radius 2 is 1.73 bits per heavy atom. The first-order valence-electron chi connectivity index (χ1n) is 12.3. The second kappa shape index (κ2) is 10.3. The molecule has 1 aliphatic carbocycles. The number of Topliss-reactive ketones (excluding diaryl/α,β-unsaturated/α-hetero) is 1. The van der Waals surface area contributed by atoms with Crippen molar-refractivity contribution in [1.29, 1.82) is 0 Å². The van der Waals surface area contributed by atoms with Crippen LogP contribution in [0.4, 0.5) is 11.4 Å². The smallest absolute Gasteiger partial charge is 0.303 e. The third kappa shape index (κ3) is 5.09. The molecule has 0 saturated carbocycles. The number of anilines is 2. The van der Waals surface area contributed by atoms with Gasteiger partial charge in [0, 0.05) is 28.6 Å². The fourth-order valence-electron chi connectivity index (χ4n) is 5.26. The highest BCUT2D eigenvalue weighted by Gasteiger charge is 2.41. The number of carbonyl (C=O) groups is 3. The van der Waals surface area contributed by atoms with Crippen molar-refractivity contribution >= 4 is 45.0 Å². The van der Waals surface area contributed by atoms with E-state index in [9.17, 15) is 19.5 Å². The van der Waals surface area contributed by atoms with Gasteiger partial charge in [-0.25, -0.2) is 0 Å². The normalized spacial score (nSPS) is 19.0. The van der Waals surface area contributed by atoms with Crippen LogP contribution in [0.15, 0.2) is 88.5 Å². The molecule has 2 N–H and O–H groups in total. The first-order chi connectivity index (χ1) is 17.8. The van der Waals surface area contributed by atoms with E-state index in [1.165, 1.54) is 0 Å². The van der Waals surface area contributed by atoms with Gasteiger partial charge in [-0.3, -0.25) is 19.3 Å². The lowest BCUT2D eigenvalue weighted by atomic mass is 9.78. The van der Waals surface area contributed by atoms with Gasteiger partial charge in [0.05, 0.1) is 23.8 Å². The van der Waals surface area contributed by atoms with Gasteiger partial charge in [-0.15, -0.1) is 0 Å². The largest absolute Gasteiger partial charge is 0.481 e. The summed E-state index contributed by atoms with van der Waals surface area (Å²) in [4.78, 5) is 40.5. The number of carboxylic acid groups (broad SMARTS) is 1. The van der Waals surface area contributed by atoms with E-state index in [2.05, 4.69) is 21.2 Å². The van der Waals surface area contributed by atoms with Crippen molar-refractivity contribution in [3.8, 4) is 0 Å². The monoisotopic (exact) mass is 558 g/mol. The lowest BCUT2D eigenvalue weighted by molar-refractivity contribution is -0.138. The van der Waals surface area contributed by atoms with Crippen LogP contribution in [-0.4, -0.2) is 22.8 Å². The van der Waals surface area contributed by atoms with E-state index in [-0.39, 0.29) is 30.4 Å². The minimum Gasteiger partial charge on any atom is -0.481 e. The summed E-state index contributed by atoms with van der Waals surface area (Å²) in [5.74, 6) is -1.39. The van der Waals surface area contributed by atoms with Crippen molar-refractivity contribution in [3.63, 3.8) is 0 Å². The second-order valence-corrected chi connectivity index (χ2v) is 10.5. The van der Waals surface area contributed by atoms with E-state index >= 15 is 0 Å². The van der Waals surface area contributed by atoms with E-state index in [4.69, 9.17) is 0 Å². The molecular weight excluding hydrogens is 532 g/mol. The number of nitrogens with one attached hydrogen (secondary N) is 1. The fraction of sp³-hybridized carbons (Fsp3) is 0.233. The lowest BCUT2D eigenvalue weighted by Gasteiger charge is -2.35. The quantitative estimate of drug-likeness (QED) is 0.372. The molecule has 37 heavy (non-hydrogen) atoms. The van der Waals surface area contributed by atoms with Gasteiger partial charge in [0.15, 0.2) is 5.78 Å². The Morgan fingerprint density at radius 3 is 2.46 bits per heavy atom. The van der Waals surface area contributed by atoms with E-state index in [0.29, 0.717) is 24.1 Å². The lowest BCUT2D eigenvalue weighted by Crippen LogP contribution is -2.38. The summed E-state index contributed by atoms with van der Waals surface area (Å²) < 4.78 is 0.962. The molecule has 5 rings (SSSR count). The maximum Gasteiger partial charge on any atom is 0.303 e. The number of aryl methyl sites for hydroxylation is 1. The zero-order valence-corrected chi connectivity index (χ0v) is 22.0. The predicted octanol–water partition coefficient (Wildman–Crippen LogP) is 6.52. The molecule has 0 unspecified atom stereocenters. The molecule has 0 spiro atoms. The maximum atomic E-state index is 13.9. The third-order valence-corrected chi connectivity index (χ3v) is 7.52. The maximum absolute atomic E-state index is 13.9. The molecule has 3 aromatic rings. The Balaban J connectivity index is 1.68. The standard InChI is InChI=1S/C30H27BrN2O4/c1-18-9-11-19(12-10-18)30-29-24(16-21(17-26(29)34)20-5-4-6-22(31)15-20)32-23-7-2-3-8-25(23)33(30)27(35)13-14-28(36)37/h2-12,15,21,30,32H,13-14,16-17H2,1H3,(H,36,37)/t21-,30+/m1/s1. The van der Waals surface area contributed by atoms with Gasteiger partial charge >= 0.3 is 5.97 Å². The number of rotatable bonds is 5. The van der Waals surface area contributed by atoms with Crippen LogP contribution in [0.2, 0.25) is 0 Å². The number of hydrogen-bond donors (Lipinski definition) is 2. The molecular formula is C30H27BrN2O4. The van der Waals surface area contributed by atoms with Crippen molar-refractivity contribution in [2.45, 2.75) is 44.6 Å². The first kappa shape index (κ1) is 25.0. The van der Waals surface area contributed by atoms with Crippen molar-refractivity contribution in [2.75, 3.05) is 10.2 Å². The minimum absolute atomic E-state index is 0.00339. The van der Waals surface area contributed by atoms with Crippen molar-refractivity contribution in [2.24, 2.45) is 0 Å². The summed E-state index contributed by atoms with van der Waals surface area (Å²) in [6.07, 6.45) is 0.498. The number of carbonyl (C=O) groups excluding carboxylic acids is 2. The highest BCUT2D eigenvalue weighted by molar-refractivity contribution is 9.10. The third-order valence-electron chi connectivity index (χ3n) is 7.02. The number of amides is 1. The number of ketones is 1. The molecule has 1 heterocycles. The van der Waals surface area contributed by atoms with Crippen LogP contribution in [0.5, 0.6) is 0 Å². The highest BCUT2D eigenvalue weighted by atomic mass is 79.9. The minimum atomic E-state index is -1.04. The van der Waals surface area contributed by atoms with E-state index in [1.54, 1.807) is 4.90 Å². The molecule has 7 heteroatoms. The molecule has 1 amide bonds. The summed E-state index contributed by atoms with van der Waals surface area (Å²) in [5, 5.41) is 12.8. The Bertz CT molecular complexity index is 1410. The van der Waals surface area contributed by atoms with Gasteiger partial charge in [-0.2, -0.15) is 0 Å². The summed E-state index contributed by atoms with van der Waals surface area (Å²) in [7, 11) is 0. The Morgan fingerprint density at radius 1 is 0.973 bits per heavy atom. The van der Waals surface area contributed by atoms with E-state index in [1.807, 2.05) is 79.7 Å². The number of para-hydroxylation sites is 2. The van der Waals surface area contributed by atoms with Gasteiger partial charge in [-0.1, -0.05) is 70.0 Å². The van der Waals surface area contributed by atoms with Crippen molar-refractivity contribution in [3.05, 3.63) is 105 Å². The Kier molecular flexibility index (Phi) is 6.98. The van der Waals surface area contributed by atoms with Crippen LogP contribution in [0, 0.1) is 6.92 Å². The van der Waals surface area contributed by atoms with Crippen molar-refractivity contribution in [1.82, 2.24) is 0 Å². The highest BCUT2D eigenvalue weighted by Crippen LogP contribution is 2.47. The van der Waals surface area contributed by atoms with Crippen LogP contribution < -0.4 is 10.2 Å². The molecule has 1 aliphatic heterocycles. The molecule has 0 fully saturated rings. The van der Waals surface area contributed by atoms with Crippen molar-refractivity contribution < 1.29 is 19.5 Å². The number of carboxylic acids is 1. The zero-order valence-electron chi connectivity index (χ0n) is 20.4. The number of hydrogen-bond acceptors (Lipinski definition) is 4. The van der Waals surface area contributed by atoms with Gasteiger partial charge in [0.25, 0.3) is 0 Å². The molecule has 0 saturated heterocycles. The average Bonchev–Trinajstić information content (AvgIpc) is 3.02. The Hall–Kier alpha value is -3.71. The number of halogens is 1. The summed E-state index contributed by atoms with van der Waals surface area (Å²) in [5.41, 5.74) is 5.67. The topological polar surface area (TPSA) is 86.7 Å². The van der Waals surface area contributed by atoms with Crippen LogP contribution in [0.1, 0.15) is 54.3 Å². The molecule has 6 nitrogen and oxygen atoms in total. The molecule has 2 aliphatic rings. The van der Waals surface area contributed by atoms with Gasteiger partial charge < -0.3 is 10.4 Å². The zero-order chi connectivity index (χ0) is 26.1. The number of nitrogens with zero attached hydrogens (tertiary/aromatic N) is 1. The molecule has 2 atom stereocenters. The van der Waals surface area contributed by atoms with Crippen LogP contribution in [0.3, 0.4) is 0 Å². The molecule has 0 radical (unpaired) electrons. The average molecular weight is 559 g/mol. The number of fused-ring (bicyclic) bond motifs is 1. The number of allylic oxidation sites excluding steroid dienone is 1. The van der Waals surface area contributed by atoms with Crippen LogP contribution in [0.25, 0.3) is 0 Å². The predicted molar refractivity (Wildman–Crippen MR) is 146 cm³/mol. The molecule has 3 aromatic carbocycles. The number of benzene rings is 3. The summed E-state index contributed by atoms with van der Waals surface area (Å²) >= 11 is 3.54. The summed E-state index contributed by atoms with van der Waals surface area (Å²) in [6, 6.07) is 22.7.